The Bertz CT molecular complexity index is 48.1. The summed E-state index contributed by atoms with van der Waals surface area (Å²) in [5, 5.41) is 0. The van der Waals surface area contributed by atoms with Gasteiger partial charge in [-0.15, -0.1) is 13.2 Å². The summed E-state index contributed by atoms with van der Waals surface area (Å²) >= 11 is 0. The van der Waals surface area contributed by atoms with Crippen molar-refractivity contribution in [2.24, 2.45) is 0 Å². The molecule has 0 spiro atoms. The monoisotopic (exact) mass is 116 g/mol. The van der Waals surface area contributed by atoms with Gasteiger partial charge in [0, 0.05) is 0 Å². The molecule has 0 aliphatic rings. The van der Waals surface area contributed by atoms with Crippen LogP contribution in [0.5, 0.6) is 0 Å². The molecular weight excluding hydrogens is 116 g/mol. The third kappa shape index (κ3) is 5.68. The molecule has 0 amide bonds. The van der Waals surface area contributed by atoms with E-state index in [-0.39, 0.29) is 6.86 Å². The molecule has 5 heteroatoms. The van der Waals surface area contributed by atoms with E-state index in [2.05, 4.69) is 4.74 Å². The van der Waals surface area contributed by atoms with E-state index in [9.17, 15) is 17.6 Å². The normalized spacial score (nSPS) is 12.0. The second-order valence-corrected chi connectivity index (χ2v) is 0.625. The van der Waals surface area contributed by atoms with Gasteiger partial charge in [-0.25, -0.2) is 4.74 Å². The zero-order valence-electron chi connectivity index (χ0n) is 2.92. The van der Waals surface area contributed by atoms with Crippen LogP contribution >= 0.6 is 0 Å². The Morgan fingerprint density at radius 3 is 1.71 bits per heavy atom. The van der Waals surface area contributed by atoms with E-state index in [1.54, 1.807) is 0 Å². The Kier molecular flexibility index (Phi) is 2.01. The third-order valence-electron chi connectivity index (χ3n) is 0.154. The van der Waals surface area contributed by atoms with E-state index >= 15 is 0 Å². The van der Waals surface area contributed by atoms with E-state index < -0.39 is 6.36 Å². The molecule has 0 aliphatic heterocycles. The lowest BCUT2D eigenvalue weighted by Gasteiger charge is -1.97. The molecule has 0 saturated carbocycles. The minimum absolute atomic E-state index is 0.0174. The second kappa shape index (κ2) is 2.11. The highest BCUT2D eigenvalue weighted by Crippen LogP contribution is 2.16. The van der Waals surface area contributed by atoms with Crippen LogP contribution in [0.4, 0.5) is 17.6 Å². The first-order valence-corrected chi connectivity index (χ1v) is 1.16. The van der Waals surface area contributed by atoms with E-state index in [4.69, 9.17) is 0 Å². The van der Waals surface area contributed by atoms with E-state index in [1.165, 1.54) is 0 Å². The van der Waals surface area contributed by atoms with Crippen molar-refractivity contribution in [2.75, 3.05) is 0 Å². The molecule has 0 heterocycles. The van der Waals surface area contributed by atoms with Crippen LogP contribution in [0.15, 0.2) is 0 Å². The SMILES string of the molecule is F[C]OC(F)(F)F. The van der Waals surface area contributed by atoms with Gasteiger partial charge >= 0.3 is 13.2 Å². The fourth-order valence-electron chi connectivity index (χ4n) is 0.0437. The van der Waals surface area contributed by atoms with Crippen molar-refractivity contribution in [3.05, 3.63) is 6.86 Å². The van der Waals surface area contributed by atoms with Crippen LogP contribution in [0, 0.1) is 6.86 Å². The van der Waals surface area contributed by atoms with Crippen molar-refractivity contribution >= 4 is 0 Å². The smallest absolute Gasteiger partial charge is 0.243 e. The lowest BCUT2D eigenvalue weighted by atomic mass is 11.3. The summed E-state index contributed by atoms with van der Waals surface area (Å²) in [6.07, 6.45) is -4.94. The summed E-state index contributed by atoms with van der Waals surface area (Å²) in [4.78, 5) is 0. The molecular formula is C2F4O. The Labute approximate surface area is 36.9 Å². The maximum Gasteiger partial charge on any atom is 0.525 e. The van der Waals surface area contributed by atoms with Crippen LogP contribution in [0.3, 0.4) is 0 Å². The molecule has 0 saturated heterocycles. The number of hydrogen-bond donors (Lipinski definition) is 0. The van der Waals surface area contributed by atoms with Crippen molar-refractivity contribution in [3.63, 3.8) is 0 Å². The van der Waals surface area contributed by atoms with Crippen molar-refractivity contribution in [1.29, 1.82) is 0 Å². The number of ether oxygens (including phenoxy) is 1. The number of rotatable bonds is 1. The van der Waals surface area contributed by atoms with E-state index in [0.29, 0.717) is 0 Å². The number of hydrogen-bond acceptors (Lipinski definition) is 1. The summed E-state index contributed by atoms with van der Waals surface area (Å²) in [7, 11) is 0. The van der Waals surface area contributed by atoms with Crippen LogP contribution in [-0.4, -0.2) is 6.36 Å². The molecule has 0 fully saturated rings. The molecule has 42 valence electrons. The highest BCUT2D eigenvalue weighted by atomic mass is 19.4. The van der Waals surface area contributed by atoms with Crippen molar-refractivity contribution in [2.45, 2.75) is 6.36 Å². The van der Waals surface area contributed by atoms with Gasteiger partial charge in [0.25, 0.3) is 0 Å². The van der Waals surface area contributed by atoms with Gasteiger partial charge in [-0.05, 0) is 0 Å². The molecule has 0 aromatic rings. The first-order chi connectivity index (χ1) is 3.06. The molecule has 0 unspecified atom stereocenters. The topological polar surface area (TPSA) is 9.23 Å². The Balaban J connectivity index is 3.15. The standard InChI is InChI=1S/C2F4O/c3-1-7-2(4,5)6. The van der Waals surface area contributed by atoms with Crippen LogP contribution in [0.25, 0.3) is 0 Å². The number of alkyl halides is 3. The quantitative estimate of drug-likeness (QED) is 0.471. The molecule has 0 aromatic heterocycles. The highest BCUT2D eigenvalue weighted by Gasteiger charge is 2.29. The van der Waals surface area contributed by atoms with Gasteiger partial charge < -0.3 is 0 Å². The van der Waals surface area contributed by atoms with Crippen LogP contribution in [-0.2, 0) is 4.74 Å². The molecule has 0 aromatic carbocycles. The molecule has 7 heavy (non-hydrogen) atoms. The zero-order chi connectivity index (χ0) is 5.91. The summed E-state index contributed by atoms with van der Waals surface area (Å²) < 4.78 is 44.2. The predicted molar refractivity (Wildman–Crippen MR) is 11.5 cm³/mol. The summed E-state index contributed by atoms with van der Waals surface area (Å²) in [6, 6.07) is 0. The Morgan fingerprint density at radius 2 is 1.71 bits per heavy atom. The fraction of sp³-hybridized carbons (Fsp3) is 0.500. The van der Waals surface area contributed by atoms with Gasteiger partial charge in [0.1, 0.15) is 0 Å². The fourth-order valence-corrected chi connectivity index (χ4v) is 0.0437. The maximum atomic E-state index is 10.5. The summed E-state index contributed by atoms with van der Waals surface area (Å²) in [5.41, 5.74) is 0. The lowest BCUT2D eigenvalue weighted by molar-refractivity contribution is -0.317. The van der Waals surface area contributed by atoms with Crippen LogP contribution in [0.2, 0.25) is 0 Å². The minimum atomic E-state index is -4.94. The number of halogens is 4. The molecule has 2 radical (unpaired) electrons. The first kappa shape index (κ1) is 6.68. The Hall–Kier alpha value is -0.320. The van der Waals surface area contributed by atoms with Gasteiger partial charge in [-0.1, -0.05) is 0 Å². The molecule has 0 aliphatic carbocycles. The molecule has 0 N–H and O–H groups in total. The maximum absolute atomic E-state index is 10.5. The second-order valence-electron chi connectivity index (χ2n) is 0.625. The first-order valence-electron chi connectivity index (χ1n) is 1.16. The van der Waals surface area contributed by atoms with Gasteiger partial charge in [-0.2, -0.15) is 4.39 Å². The lowest BCUT2D eigenvalue weighted by Crippen LogP contribution is -2.09. The van der Waals surface area contributed by atoms with Crippen molar-refractivity contribution < 1.29 is 22.3 Å². The minimum Gasteiger partial charge on any atom is -0.243 e. The predicted octanol–water partition coefficient (Wildman–Crippen LogP) is 1.49. The molecule has 1 nitrogen and oxygen atoms in total. The average Bonchev–Trinajstić information content (AvgIpc) is 1.30. The van der Waals surface area contributed by atoms with Gasteiger partial charge in [-0.3, -0.25) is 0 Å². The molecule has 0 bridgehead atoms. The third-order valence-corrected chi connectivity index (χ3v) is 0.154. The summed E-state index contributed by atoms with van der Waals surface area (Å²) in [6.45, 7) is -0.0174. The van der Waals surface area contributed by atoms with Crippen LogP contribution < -0.4 is 0 Å². The highest BCUT2D eigenvalue weighted by molar-refractivity contribution is 4.26. The molecule has 0 rings (SSSR count). The van der Waals surface area contributed by atoms with E-state index in [0.717, 1.165) is 0 Å². The average molecular weight is 116 g/mol. The largest absolute Gasteiger partial charge is 0.525 e. The zero-order valence-corrected chi connectivity index (χ0v) is 2.92. The van der Waals surface area contributed by atoms with Crippen molar-refractivity contribution in [1.82, 2.24) is 0 Å². The van der Waals surface area contributed by atoms with Crippen molar-refractivity contribution in [3.8, 4) is 0 Å². The Morgan fingerprint density at radius 1 is 1.29 bits per heavy atom. The van der Waals surface area contributed by atoms with Gasteiger partial charge in [0.05, 0.1) is 0 Å². The van der Waals surface area contributed by atoms with E-state index in [1.807, 2.05) is 0 Å². The summed E-state index contributed by atoms with van der Waals surface area (Å²) in [5.74, 6) is 0. The van der Waals surface area contributed by atoms with Crippen LogP contribution in [0.1, 0.15) is 0 Å². The van der Waals surface area contributed by atoms with Gasteiger partial charge in [0.15, 0.2) is 0 Å². The molecule has 0 atom stereocenters. The van der Waals surface area contributed by atoms with Gasteiger partial charge in [0.2, 0.25) is 0 Å².